The highest BCUT2D eigenvalue weighted by molar-refractivity contribution is 5.94. The van der Waals surface area contributed by atoms with E-state index >= 15 is 0 Å². The monoisotopic (exact) mass is 283 g/mol. The zero-order valence-corrected chi connectivity index (χ0v) is 11.3. The molecule has 1 aromatic rings. The van der Waals surface area contributed by atoms with Gasteiger partial charge in [0.15, 0.2) is 11.6 Å². The third kappa shape index (κ3) is 3.08. The van der Waals surface area contributed by atoms with Crippen LogP contribution in [0.25, 0.3) is 0 Å². The SMILES string of the molecule is COc1ccc(C(=O)NC2(CO)CCOCC2)cc1F. The summed E-state index contributed by atoms with van der Waals surface area (Å²) in [5.74, 6) is -0.919. The normalized spacial score (nSPS) is 17.6. The number of ether oxygens (including phenoxy) is 2. The Morgan fingerprint density at radius 3 is 2.75 bits per heavy atom. The lowest BCUT2D eigenvalue weighted by atomic mass is 9.90. The first-order valence-corrected chi connectivity index (χ1v) is 6.45. The van der Waals surface area contributed by atoms with E-state index in [0.717, 1.165) is 6.07 Å². The van der Waals surface area contributed by atoms with Gasteiger partial charge in [0.2, 0.25) is 0 Å². The van der Waals surface area contributed by atoms with Gasteiger partial charge in [0.25, 0.3) is 5.91 Å². The Bertz CT molecular complexity index is 486. The third-order valence-corrected chi connectivity index (χ3v) is 3.55. The largest absolute Gasteiger partial charge is 0.494 e. The van der Waals surface area contributed by atoms with Gasteiger partial charge in [-0.3, -0.25) is 4.79 Å². The first-order chi connectivity index (χ1) is 9.60. The Kier molecular flexibility index (Phi) is 4.57. The van der Waals surface area contributed by atoms with Crippen molar-refractivity contribution in [2.24, 2.45) is 0 Å². The van der Waals surface area contributed by atoms with E-state index in [1.165, 1.54) is 19.2 Å². The van der Waals surface area contributed by atoms with Crippen LogP contribution in [0.4, 0.5) is 4.39 Å². The quantitative estimate of drug-likeness (QED) is 0.868. The molecule has 20 heavy (non-hydrogen) atoms. The Labute approximate surface area is 116 Å². The predicted molar refractivity (Wildman–Crippen MR) is 70.3 cm³/mol. The molecule has 6 heteroatoms. The van der Waals surface area contributed by atoms with Crippen LogP contribution >= 0.6 is 0 Å². The Hall–Kier alpha value is -1.66. The summed E-state index contributed by atoms with van der Waals surface area (Å²) in [7, 11) is 1.36. The lowest BCUT2D eigenvalue weighted by molar-refractivity contribution is 0.0125. The fourth-order valence-electron chi connectivity index (χ4n) is 2.21. The van der Waals surface area contributed by atoms with E-state index in [9.17, 15) is 14.3 Å². The van der Waals surface area contributed by atoms with Gasteiger partial charge >= 0.3 is 0 Å². The van der Waals surface area contributed by atoms with Crippen LogP contribution in [0.3, 0.4) is 0 Å². The molecule has 0 saturated carbocycles. The van der Waals surface area contributed by atoms with Gasteiger partial charge in [0, 0.05) is 18.8 Å². The number of amides is 1. The maximum atomic E-state index is 13.6. The minimum atomic E-state index is -0.689. The van der Waals surface area contributed by atoms with Crippen molar-refractivity contribution in [3.05, 3.63) is 29.6 Å². The third-order valence-electron chi connectivity index (χ3n) is 3.55. The lowest BCUT2D eigenvalue weighted by Crippen LogP contribution is -2.54. The number of rotatable bonds is 4. The van der Waals surface area contributed by atoms with E-state index in [1.807, 2.05) is 0 Å². The van der Waals surface area contributed by atoms with E-state index in [2.05, 4.69) is 5.32 Å². The Balaban J connectivity index is 2.12. The van der Waals surface area contributed by atoms with Gasteiger partial charge in [-0.15, -0.1) is 0 Å². The zero-order valence-electron chi connectivity index (χ0n) is 11.3. The van der Waals surface area contributed by atoms with Crippen molar-refractivity contribution in [3.63, 3.8) is 0 Å². The standard InChI is InChI=1S/C14H18FNO4/c1-19-12-3-2-10(8-11(12)15)13(18)16-14(9-17)4-6-20-7-5-14/h2-3,8,17H,4-7,9H2,1H3,(H,16,18). The van der Waals surface area contributed by atoms with Crippen molar-refractivity contribution in [1.82, 2.24) is 5.32 Å². The molecule has 2 N–H and O–H groups in total. The van der Waals surface area contributed by atoms with Gasteiger partial charge in [0.1, 0.15) is 0 Å². The van der Waals surface area contributed by atoms with Gasteiger partial charge in [-0.2, -0.15) is 0 Å². The summed E-state index contributed by atoms with van der Waals surface area (Å²) in [6.45, 7) is 0.802. The van der Waals surface area contributed by atoms with Crippen molar-refractivity contribution in [2.75, 3.05) is 26.9 Å². The van der Waals surface area contributed by atoms with Crippen LogP contribution in [0, 0.1) is 5.82 Å². The first kappa shape index (κ1) is 14.7. The van der Waals surface area contributed by atoms with E-state index in [4.69, 9.17) is 9.47 Å². The number of nitrogens with one attached hydrogen (secondary N) is 1. The molecule has 110 valence electrons. The number of hydrogen-bond donors (Lipinski definition) is 2. The Morgan fingerprint density at radius 2 is 2.20 bits per heavy atom. The molecular formula is C14H18FNO4. The highest BCUT2D eigenvalue weighted by atomic mass is 19.1. The minimum absolute atomic E-state index is 0.0875. The maximum absolute atomic E-state index is 13.6. The second kappa shape index (κ2) is 6.19. The van der Waals surface area contributed by atoms with Crippen LogP contribution < -0.4 is 10.1 Å². The average molecular weight is 283 g/mol. The number of methoxy groups -OCH3 is 1. The van der Waals surface area contributed by atoms with Crippen LogP contribution in [0.15, 0.2) is 18.2 Å². The summed E-state index contributed by atoms with van der Waals surface area (Å²) in [4.78, 5) is 12.2. The molecule has 1 aliphatic heterocycles. The van der Waals surface area contributed by atoms with E-state index in [-0.39, 0.29) is 17.9 Å². The molecule has 1 aliphatic rings. The molecule has 0 bridgehead atoms. The van der Waals surface area contributed by atoms with Gasteiger partial charge in [-0.05, 0) is 31.0 Å². The number of carbonyl (C=O) groups excluding carboxylic acids is 1. The van der Waals surface area contributed by atoms with Crippen LogP contribution in [0.2, 0.25) is 0 Å². The molecular weight excluding hydrogens is 265 g/mol. The molecule has 0 spiro atoms. The number of carbonyl (C=O) groups is 1. The topological polar surface area (TPSA) is 67.8 Å². The summed E-state index contributed by atoms with van der Waals surface area (Å²) >= 11 is 0. The van der Waals surface area contributed by atoms with Crippen molar-refractivity contribution < 1.29 is 23.8 Å². The summed E-state index contributed by atoms with van der Waals surface area (Å²) < 4.78 is 23.6. The summed E-state index contributed by atoms with van der Waals surface area (Å²) in [6, 6.07) is 4.01. The zero-order chi connectivity index (χ0) is 14.6. The molecule has 0 radical (unpaired) electrons. The fourth-order valence-corrected chi connectivity index (χ4v) is 2.21. The molecule has 5 nitrogen and oxygen atoms in total. The molecule has 2 rings (SSSR count). The van der Waals surface area contributed by atoms with Gasteiger partial charge in [-0.1, -0.05) is 0 Å². The highest BCUT2D eigenvalue weighted by Crippen LogP contribution is 2.22. The van der Waals surface area contributed by atoms with Crippen molar-refractivity contribution in [3.8, 4) is 5.75 Å². The molecule has 1 aromatic carbocycles. The minimum Gasteiger partial charge on any atom is -0.494 e. The lowest BCUT2D eigenvalue weighted by Gasteiger charge is -2.36. The number of benzene rings is 1. The van der Waals surface area contributed by atoms with Crippen LogP contribution in [-0.2, 0) is 4.74 Å². The fraction of sp³-hybridized carbons (Fsp3) is 0.500. The van der Waals surface area contributed by atoms with Crippen molar-refractivity contribution in [2.45, 2.75) is 18.4 Å². The predicted octanol–water partition coefficient (Wildman–Crippen LogP) is 1.11. The van der Waals surface area contributed by atoms with Crippen LogP contribution in [-0.4, -0.2) is 43.5 Å². The summed E-state index contributed by atoms with van der Waals surface area (Å²) in [5.41, 5.74) is -0.492. The van der Waals surface area contributed by atoms with Gasteiger partial charge < -0.3 is 19.9 Å². The van der Waals surface area contributed by atoms with E-state index < -0.39 is 17.3 Å². The number of hydrogen-bond acceptors (Lipinski definition) is 4. The van der Waals surface area contributed by atoms with E-state index in [1.54, 1.807) is 0 Å². The second-order valence-corrected chi connectivity index (χ2v) is 4.85. The molecule has 1 amide bonds. The Morgan fingerprint density at radius 1 is 1.50 bits per heavy atom. The van der Waals surface area contributed by atoms with E-state index in [0.29, 0.717) is 26.1 Å². The molecule has 0 atom stereocenters. The summed E-state index contributed by atoms with van der Waals surface area (Å²) in [6.07, 6.45) is 1.07. The second-order valence-electron chi connectivity index (χ2n) is 4.85. The van der Waals surface area contributed by atoms with Gasteiger partial charge in [0.05, 0.1) is 19.3 Å². The number of aliphatic hydroxyl groups excluding tert-OH is 1. The van der Waals surface area contributed by atoms with Gasteiger partial charge in [-0.25, -0.2) is 4.39 Å². The van der Waals surface area contributed by atoms with Crippen molar-refractivity contribution >= 4 is 5.91 Å². The highest BCUT2D eigenvalue weighted by Gasteiger charge is 2.33. The van der Waals surface area contributed by atoms with Crippen molar-refractivity contribution in [1.29, 1.82) is 0 Å². The first-order valence-electron chi connectivity index (χ1n) is 6.45. The molecule has 1 fully saturated rings. The number of aliphatic hydroxyl groups is 1. The average Bonchev–Trinajstić information content (AvgIpc) is 2.48. The number of halogens is 1. The molecule has 1 saturated heterocycles. The summed E-state index contributed by atoms with van der Waals surface area (Å²) in [5, 5.41) is 12.3. The molecule has 1 heterocycles. The molecule has 0 unspecified atom stereocenters. The molecule has 0 aliphatic carbocycles. The molecule has 0 aromatic heterocycles. The van der Waals surface area contributed by atoms with Crippen LogP contribution in [0.1, 0.15) is 23.2 Å². The maximum Gasteiger partial charge on any atom is 0.251 e. The smallest absolute Gasteiger partial charge is 0.251 e. The van der Waals surface area contributed by atoms with Crippen LogP contribution in [0.5, 0.6) is 5.75 Å².